The molecule has 0 spiro atoms. The summed E-state index contributed by atoms with van der Waals surface area (Å²) in [5.41, 5.74) is 3.26. The van der Waals surface area contributed by atoms with Crippen molar-refractivity contribution in [1.82, 2.24) is 19.1 Å². The second-order valence-corrected chi connectivity index (χ2v) is 10.7. The van der Waals surface area contributed by atoms with Gasteiger partial charge in [-0.2, -0.15) is 0 Å². The van der Waals surface area contributed by atoms with Crippen molar-refractivity contribution in [2.75, 3.05) is 0 Å². The van der Waals surface area contributed by atoms with E-state index in [1.807, 2.05) is 90.5 Å². The number of aromatic nitrogens is 4. The van der Waals surface area contributed by atoms with Gasteiger partial charge in [-0.3, -0.25) is 18.7 Å². The van der Waals surface area contributed by atoms with E-state index in [0.29, 0.717) is 20.6 Å². The van der Waals surface area contributed by atoms with Crippen molar-refractivity contribution < 1.29 is 0 Å². The van der Waals surface area contributed by atoms with Crippen molar-refractivity contribution in [2.45, 2.75) is 12.3 Å². The first-order valence-electron chi connectivity index (χ1n) is 12.4. The van der Waals surface area contributed by atoms with Crippen LogP contribution < -0.4 is 11.1 Å². The van der Waals surface area contributed by atoms with E-state index in [1.54, 1.807) is 9.13 Å². The zero-order valence-corrected chi connectivity index (χ0v) is 25.9. The molecule has 16 heteroatoms. The molecule has 6 rings (SSSR count). The highest BCUT2D eigenvalue weighted by Crippen LogP contribution is 2.19. The van der Waals surface area contributed by atoms with Crippen molar-refractivity contribution in [3.8, 4) is 11.4 Å². The Balaban J connectivity index is 0.000000190. The third-order valence-corrected chi connectivity index (χ3v) is 7.63. The number of hydrogen-bond acceptors (Lipinski definition) is 6. The van der Waals surface area contributed by atoms with Gasteiger partial charge in [-0.05, 0) is 54.1 Å². The molecule has 0 saturated heterocycles. The van der Waals surface area contributed by atoms with Gasteiger partial charge in [0.1, 0.15) is 21.0 Å². The minimum atomic E-state index is -0.667. The molecule has 0 aliphatic carbocycles. The normalized spacial score (nSPS) is 9.95. The molecule has 42 heavy (non-hydrogen) atoms. The number of hydrogen-bond donors (Lipinski definition) is 0. The Morgan fingerprint density at radius 1 is 0.762 bits per heavy atom. The lowest BCUT2D eigenvalue weighted by Gasteiger charge is -2.10. The molecule has 6 aromatic rings. The van der Waals surface area contributed by atoms with Crippen molar-refractivity contribution in [3.63, 3.8) is 0 Å². The molecule has 4 heterocycles. The average Bonchev–Trinajstić information content (AvgIpc) is 3.65. The van der Waals surface area contributed by atoms with E-state index < -0.39 is 6.39 Å². The molecule has 0 aliphatic rings. The lowest BCUT2D eigenvalue weighted by molar-refractivity contribution is 0.890. The fraction of sp³-hybridized carbons (Fsp3) is 0.0769. The van der Waals surface area contributed by atoms with Crippen LogP contribution in [0.4, 0.5) is 0 Å². The molecule has 195 valence electrons. The predicted molar refractivity (Wildman–Crippen MR) is 188 cm³/mol. The smallest absolute Gasteiger partial charge is 0.267 e. The topological polar surface area (TPSA) is 69.8 Å². The molecule has 2 aromatic carbocycles. The standard InChI is InChI=1S/C13H9BrN2OS.C13H10N2OS.B4.B3/c14-8-11-15-10-6-7-18-12(10)13(17)16(11)9-4-2-1-3-5-9;1-9-14-11-7-8-17-12(11)13(16)15(9)10-5-3-2-4-6-10;1-4(2)3;1-3-2/h1-7H,8H2;2-8H,1H3;;. The maximum absolute atomic E-state index is 12.5. The van der Waals surface area contributed by atoms with Crippen LogP contribution in [0.1, 0.15) is 11.6 Å². The van der Waals surface area contributed by atoms with Crippen LogP contribution in [-0.4, -0.2) is 71.2 Å². The van der Waals surface area contributed by atoms with Crippen LogP contribution in [0, 0.1) is 6.92 Å². The van der Waals surface area contributed by atoms with E-state index in [4.69, 9.17) is 0 Å². The molecule has 6 nitrogen and oxygen atoms in total. The van der Waals surface area contributed by atoms with Gasteiger partial charge in [0.05, 0.1) is 27.7 Å². The number of benzene rings is 2. The van der Waals surface area contributed by atoms with Crippen LogP contribution in [-0.2, 0) is 5.33 Å². The molecular weight excluding hydrogens is 620 g/mol. The maximum atomic E-state index is 12.5. The van der Waals surface area contributed by atoms with Gasteiger partial charge in [-0.15, -0.1) is 22.7 Å². The fourth-order valence-electron chi connectivity index (χ4n) is 3.80. The summed E-state index contributed by atoms with van der Waals surface area (Å²) in [6.45, 7) is 1.85. The molecule has 0 unspecified atom stereocenters. The molecule has 0 fully saturated rings. The summed E-state index contributed by atoms with van der Waals surface area (Å²) in [7, 11) is 24.0. The summed E-state index contributed by atoms with van der Waals surface area (Å²) in [5, 5.41) is 4.34. The SMILES string of the molecule is Cc1nc2ccsc2c(=O)n1-c1ccccc1.O=c1c2sccc2nc(CBr)n1-c1ccccc1.[B]B([B])[B].[B][B][B]. The third-order valence-electron chi connectivity index (χ3n) is 5.35. The Morgan fingerprint density at radius 2 is 1.17 bits per heavy atom. The van der Waals surface area contributed by atoms with Crippen LogP contribution in [0.25, 0.3) is 31.8 Å². The second kappa shape index (κ2) is 16.6. The number of aryl methyl sites for hydroxylation is 1. The van der Waals surface area contributed by atoms with Crippen LogP contribution in [0.15, 0.2) is 93.1 Å². The number of para-hydroxylation sites is 2. The summed E-state index contributed by atoms with van der Waals surface area (Å²) in [6.07, 6.45) is -0.667. The third kappa shape index (κ3) is 8.55. The number of nitrogens with zero attached hydrogens (tertiary/aromatic N) is 4. The van der Waals surface area contributed by atoms with E-state index in [-0.39, 0.29) is 11.1 Å². The van der Waals surface area contributed by atoms with Crippen LogP contribution in [0.2, 0.25) is 0 Å². The fourth-order valence-corrected chi connectivity index (χ4v) is 5.69. The van der Waals surface area contributed by atoms with Gasteiger partial charge in [0.2, 0.25) is 0 Å². The largest absolute Gasteiger partial charge is 0.276 e. The van der Waals surface area contributed by atoms with Gasteiger partial charge in [-0.25, -0.2) is 9.97 Å². The summed E-state index contributed by atoms with van der Waals surface area (Å²) >= 11 is 6.26. The first-order chi connectivity index (χ1) is 20.2. The zero-order chi connectivity index (χ0) is 30.6. The highest BCUT2D eigenvalue weighted by atomic mass is 79.9. The average molecular weight is 639 g/mol. The van der Waals surface area contributed by atoms with E-state index in [9.17, 15) is 9.59 Å². The van der Waals surface area contributed by atoms with Crippen LogP contribution in [0.5, 0.6) is 0 Å². The second-order valence-electron chi connectivity index (χ2n) is 8.31. The van der Waals surface area contributed by atoms with E-state index >= 15 is 0 Å². The molecular formula is C26H19B7BrN4O2S2. The Hall–Kier alpha value is -2.95. The summed E-state index contributed by atoms with van der Waals surface area (Å²) in [6, 6.07) is 22.9. The van der Waals surface area contributed by atoms with Gasteiger partial charge < -0.3 is 0 Å². The predicted octanol–water partition coefficient (Wildman–Crippen LogP) is 3.43. The monoisotopic (exact) mass is 639 g/mol. The molecule has 0 saturated carbocycles. The number of halogens is 1. The highest BCUT2D eigenvalue weighted by molar-refractivity contribution is 9.08. The molecule has 0 aliphatic heterocycles. The Morgan fingerprint density at radius 3 is 1.62 bits per heavy atom. The molecule has 4 aromatic heterocycles. The summed E-state index contributed by atoms with van der Waals surface area (Å²) in [4.78, 5) is 33.8. The number of rotatable bonds is 3. The van der Waals surface area contributed by atoms with E-state index in [0.717, 1.165) is 35.3 Å². The molecule has 0 bridgehead atoms. The van der Waals surface area contributed by atoms with Crippen molar-refractivity contribution >= 4 is 111 Å². The van der Waals surface area contributed by atoms with Crippen molar-refractivity contribution in [1.29, 1.82) is 0 Å². The Bertz CT molecular complexity index is 1830. The first-order valence-corrected chi connectivity index (χ1v) is 15.3. The molecule has 11 radical (unpaired) electrons. The molecule has 0 N–H and O–H groups in total. The Labute approximate surface area is 268 Å². The summed E-state index contributed by atoms with van der Waals surface area (Å²) in [5.74, 6) is 1.43. The zero-order valence-electron chi connectivity index (χ0n) is 22.6. The van der Waals surface area contributed by atoms with Gasteiger partial charge in [-0.1, -0.05) is 52.3 Å². The minimum Gasteiger partial charge on any atom is -0.267 e. The van der Waals surface area contributed by atoms with Gasteiger partial charge >= 0.3 is 0 Å². The number of thiophene rings is 2. The molecule has 0 atom stereocenters. The highest BCUT2D eigenvalue weighted by Gasteiger charge is 2.12. The minimum absolute atomic E-state index is 0.00403. The van der Waals surface area contributed by atoms with Crippen LogP contribution >= 0.6 is 38.6 Å². The van der Waals surface area contributed by atoms with Gasteiger partial charge in [0.15, 0.2) is 0 Å². The lowest BCUT2D eigenvalue weighted by atomic mass is 9.08. The van der Waals surface area contributed by atoms with E-state index in [2.05, 4.69) is 64.6 Å². The van der Waals surface area contributed by atoms with Crippen molar-refractivity contribution in [3.05, 3.63) is 116 Å². The molecule has 0 amide bonds. The number of alkyl halides is 1. The van der Waals surface area contributed by atoms with Gasteiger partial charge in [0.25, 0.3) is 11.1 Å². The first kappa shape index (κ1) is 33.6. The van der Waals surface area contributed by atoms with E-state index in [1.165, 1.54) is 22.7 Å². The number of fused-ring (bicyclic) bond motifs is 2. The Kier molecular flexibility index (Phi) is 13.3. The quantitative estimate of drug-likeness (QED) is 0.220. The van der Waals surface area contributed by atoms with Gasteiger partial charge in [0, 0.05) is 52.1 Å². The lowest BCUT2D eigenvalue weighted by Crippen LogP contribution is -2.22. The maximum Gasteiger partial charge on any atom is 0.276 e. The van der Waals surface area contributed by atoms with Crippen LogP contribution in [0.3, 0.4) is 0 Å². The summed E-state index contributed by atoms with van der Waals surface area (Å²) < 4.78 is 4.72. The van der Waals surface area contributed by atoms with Crippen molar-refractivity contribution in [2.24, 2.45) is 0 Å².